The van der Waals surface area contributed by atoms with E-state index in [2.05, 4.69) is 43.8 Å². The van der Waals surface area contributed by atoms with E-state index in [1.54, 1.807) is 13.0 Å². The van der Waals surface area contributed by atoms with Crippen LogP contribution in [-0.4, -0.2) is 47.1 Å². The number of benzene rings is 2. The van der Waals surface area contributed by atoms with Crippen LogP contribution in [0.25, 0.3) is 21.0 Å². The van der Waals surface area contributed by atoms with Gasteiger partial charge in [-0.05, 0) is 61.5 Å². The minimum atomic E-state index is -0.864. The highest BCUT2D eigenvalue weighted by molar-refractivity contribution is 9.10. The SMILES string of the molecule is CC(=O)c1cc2ccc(Br)cc2[nH]1.CCC(C)N.NC1CCOC1.O=C(O)c1cc2ccc(Br)cc2s1. The van der Waals surface area contributed by atoms with Gasteiger partial charge in [-0.3, -0.25) is 4.79 Å². The molecule has 1 fully saturated rings. The number of carboxylic acids is 1. The van der Waals surface area contributed by atoms with Gasteiger partial charge in [-0.2, -0.15) is 0 Å². The quantitative estimate of drug-likeness (QED) is 0.176. The van der Waals surface area contributed by atoms with Crippen LogP contribution in [-0.2, 0) is 4.74 Å². The number of halogens is 2. The van der Waals surface area contributed by atoms with Crippen molar-refractivity contribution < 1.29 is 19.4 Å². The number of hydrogen-bond donors (Lipinski definition) is 4. The third-order valence-corrected chi connectivity index (χ3v) is 7.34. The van der Waals surface area contributed by atoms with Crippen molar-refractivity contribution in [3.8, 4) is 0 Å². The van der Waals surface area contributed by atoms with Crippen LogP contribution in [0.5, 0.6) is 0 Å². The monoisotopic (exact) mass is 653 g/mol. The van der Waals surface area contributed by atoms with E-state index in [1.807, 2.05) is 49.4 Å². The highest BCUT2D eigenvalue weighted by Crippen LogP contribution is 2.28. The summed E-state index contributed by atoms with van der Waals surface area (Å²) < 4.78 is 7.91. The van der Waals surface area contributed by atoms with E-state index >= 15 is 0 Å². The fraction of sp³-hybridized carbons (Fsp3) is 0.333. The summed E-state index contributed by atoms with van der Waals surface area (Å²) in [7, 11) is 0. The largest absolute Gasteiger partial charge is 0.477 e. The number of carbonyl (C=O) groups excluding carboxylic acids is 1. The maximum absolute atomic E-state index is 11.1. The molecule has 0 radical (unpaired) electrons. The molecular formula is C27H33Br2N3O4S. The first-order chi connectivity index (χ1) is 17.5. The normalized spacial score (nSPS) is 15.1. The summed E-state index contributed by atoms with van der Waals surface area (Å²) in [6.45, 7) is 7.26. The van der Waals surface area contributed by atoms with Crippen LogP contribution in [0.1, 0.15) is 53.8 Å². The Morgan fingerprint density at radius 1 is 1.14 bits per heavy atom. The highest BCUT2D eigenvalue weighted by Gasteiger charge is 2.08. The standard InChI is InChI=1S/C10H8BrNO.C9H5BrO2S.C4H9NO.C4H11N/c1-6(13)9-4-7-2-3-8(11)5-10(7)12-9;10-6-2-1-5-3-8(9(11)12)13-7(5)4-6;5-4-1-2-6-3-4;1-3-4(2)5/h2-5,12H,1H3;1-4H,(H,11,12);4H,1-3,5H2;4H,3,5H2,1-2H3. The van der Waals surface area contributed by atoms with Gasteiger partial charge in [-0.15, -0.1) is 11.3 Å². The van der Waals surface area contributed by atoms with E-state index in [0.717, 1.165) is 56.0 Å². The van der Waals surface area contributed by atoms with Crippen LogP contribution >= 0.6 is 43.2 Å². The van der Waals surface area contributed by atoms with Crippen molar-refractivity contribution in [3.05, 3.63) is 68.0 Å². The molecule has 5 rings (SSSR count). The number of nitrogens with two attached hydrogens (primary N) is 2. The predicted octanol–water partition coefficient (Wildman–Crippen LogP) is 6.97. The molecule has 4 aromatic rings. The first kappa shape index (κ1) is 31.1. The summed E-state index contributed by atoms with van der Waals surface area (Å²) >= 11 is 8.00. The Hall–Kier alpha value is -2.08. The molecule has 2 aromatic carbocycles. The number of carboxylic acid groups (broad SMARTS) is 1. The van der Waals surface area contributed by atoms with Gasteiger partial charge in [0.15, 0.2) is 5.78 Å². The van der Waals surface area contributed by atoms with Gasteiger partial charge < -0.3 is 26.3 Å². The number of nitrogens with one attached hydrogen (secondary N) is 1. The number of aromatic nitrogens is 1. The van der Waals surface area contributed by atoms with Gasteiger partial charge in [-0.1, -0.05) is 50.9 Å². The Balaban J connectivity index is 0.000000188. The molecule has 0 spiro atoms. The van der Waals surface area contributed by atoms with Crippen LogP contribution < -0.4 is 11.5 Å². The number of thiophene rings is 1. The molecule has 1 aliphatic rings. The van der Waals surface area contributed by atoms with Gasteiger partial charge in [0.25, 0.3) is 0 Å². The summed E-state index contributed by atoms with van der Waals surface area (Å²) in [6.07, 6.45) is 2.12. The lowest BCUT2D eigenvalue weighted by Gasteiger charge is -1.91. The van der Waals surface area contributed by atoms with Crippen molar-refractivity contribution in [2.75, 3.05) is 13.2 Å². The van der Waals surface area contributed by atoms with Gasteiger partial charge in [0.2, 0.25) is 0 Å². The van der Waals surface area contributed by atoms with E-state index in [4.69, 9.17) is 21.3 Å². The zero-order valence-corrected chi connectivity index (χ0v) is 25.1. The number of ether oxygens (including phenoxy) is 1. The number of carbonyl (C=O) groups is 2. The summed E-state index contributed by atoms with van der Waals surface area (Å²) in [5, 5.41) is 10.8. The molecule has 1 aliphatic heterocycles. The van der Waals surface area contributed by atoms with Gasteiger partial charge >= 0.3 is 5.97 Å². The number of fused-ring (bicyclic) bond motifs is 2. The van der Waals surface area contributed by atoms with Crippen LogP contribution in [0.2, 0.25) is 0 Å². The van der Waals surface area contributed by atoms with Crippen molar-refractivity contribution in [3.63, 3.8) is 0 Å². The van der Waals surface area contributed by atoms with Crippen LogP contribution in [0.4, 0.5) is 0 Å². The molecule has 3 heterocycles. The second-order valence-electron chi connectivity index (χ2n) is 8.58. The smallest absolute Gasteiger partial charge is 0.345 e. The molecule has 2 unspecified atom stereocenters. The number of Topliss-reactive ketones (excluding diaryl/α,β-unsaturated/α-hetero) is 1. The van der Waals surface area contributed by atoms with E-state index in [1.165, 1.54) is 11.3 Å². The molecule has 0 aliphatic carbocycles. The summed E-state index contributed by atoms with van der Waals surface area (Å²) in [5.74, 6) is -0.801. The molecule has 1 saturated heterocycles. The van der Waals surface area contributed by atoms with E-state index in [9.17, 15) is 9.59 Å². The molecule has 7 nitrogen and oxygen atoms in total. The van der Waals surface area contributed by atoms with E-state index < -0.39 is 5.97 Å². The van der Waals surface area contributed by atoms with Gasteiger partial charge in [0.1, 0.15) is 4.88 Å². The van der Waals surface area contributed by atoms with Crippen molar-refractivity contribution in [2.24, 2.45) is 11.5 Å². The lowest BCUT2D eigenvalue weighted by molar-refractivity contribution is 0.0702. The third kappa shape index (κ3) is 10.7. The first-order valence-corrected chi connectivity index (χ1v) is 14.2. The summed E-state index contributed by atoms with van der Waals surface area (Å²) in [4.78, 5) is 25.1. The Morgan fingerprint density at radius 3 is 2.24 bits per heavy atom. The second kappa shape index (κ2) is 15.4. The molecule has 6 N–H and O–H groups in total. The predicted molar refractivity (Wildman–Crippen MR) is 160 cm³/mol. The number of aromatic carboxylic acids is 1. The molecular weight excluding hydrogens is 622 g/mol. The zero-order chi connectivity index (χ0) is 27.5. The average Bonchev–Trinajstić information content (AvgIpc) is 3.59. The summed E-state index contributed by atoms with van der Waals surface area (Å²) in [6, 6.07) is 15.9. The highest BCUT2D eigenvalue weighted by atomic mass is 79.9. The van der Waals surface area contributed by atoms with Crippen LogP contribution in [0, 0.1) is 0 Å². The molecule has 2 aromatic heterocycles. The lowest BCUT2D eigenvalue weighted by atomic mass is 10.2. The Morgan fingerprint density at radius 2 is 1.76 bits per heavy atom. The second-order valence-corrected chi connectivity index (χ2v) is 11.5. The number of aromatic amines is 1. The summed E-state index contributed by atoms with van der Waals surface area (Å²) in [5.41, 5.74) is 12.3. The number of ketones is 1. The Labute approximate surface area is 237 Å². The number of H-pyrrole nitrogens is 1. The number of hydrogen-bond acceptors (Lipinski definition) is 6. The number of rotatable bonds is 3. The van der Waals surface area contributed by atoms with Gasteiger partial charge in [0, 0.05) is 50.2 Å². The van der Waals surface area contributed by atoms with Crippen molar-refractivity contribution >= 4 is 75.9 Å². The molecule has 0 saturated carbocycles. The fourth-order valence-electron chi connectivity index (χ4n) is 2.95. The molecule has 200 valence electrons. The van der Waals surface area contributed by atoms with Crippen molar-refractivity contribution in [1.29, 1.82) is 0 Å². The molecule has 0 amide bonds. The van der Waals surface area contributed by atoms with E-state index in [-0.39, 0.29) is 5.78 Å². The average molecular weight is 655 g/mol. The first-order valence-electron chi connectivity index (χ1n) is 11.8. The topological polar surface area (TPSA) is 131 Å². The van der Waals surface area contributed by atoms with Crippen molar-refractivity contribution in [2.45, 2.75) is 45.7 Å². The van der Waals surface area contributed by atoms with E-state index in [0.29, 0.717) is 22.7 Å². The van der Waals surface area contributed by atoms with Crippen LogP contribution in [0.3, 0.4) is 0 Å². The van der Waals surface area contributed by atoms with Gasteiger partial charge in [-0.25, -0.2) is 4.79 Å². The molecule has 37 heavy (non-hydrogen) atoms. The maximum atomic E-state index is 11.1. The molecule has 0 bridgehead atoms. The third-order valence-electron chi connectivity index (χ3n) is 5.27. The molecule has 10 heteroatoms. The lowest BCUT2D eigenvalue weighted by Crippen LogP contribution is -2.18. The van der Waals surface area contributed by atoms with Crippen molar-refractivity contribution in [1.82, 2.24) is 4.98 Å². The molecule has 2 atom stereocenters. The van der Waals surface area contributed by atoms with Crippen LogP contribution in [0.15, 0.2) is 57.5 Å². The minimum absolute atomic E-state index is 0.0623. The maximum Gasteiger partial charge on any atom is 0.345 e. The Kier molecular flexibility index (Phi) is 12.9. The van der Waals surface area contributed by atoms with Gasteiger partial charge in [0.05, 0.1) is 12.3 Å². The zero-order valence-electron chi connectivity index (χ0n) is 21.1. The Bertz CT molecular complexity index is 1220. The fourth-order valence-corrected chi connectivity index (χ4v) is 4.77. The minimum Gasteiger partial charge on any atom is -0.477 e.